The van der Waals surface area contributed by atoms with Gasteiger partial charge in [0.2, 0.25) is 0 Å². The van der Waals surface area contributed by atoms with Crippen molar-refractivity contribution in [2.24, 2.45) is 0 Å². The van der Waals surface area contributed by atoms with E-state index in [-0.39, 0.29) is 0 Å². The molecular weight excluding hydrogens is 332 g/mol. The van der Waals surface area contributed by atoms with Gasteiger partial charge in [-0.05, 0) is 37.0 Å². The van der Waals surface area contributed by atoms with Gasteiger partial charge in [0.15, 0.2) is 6.61 Å². The maximum absolute atomic E-state index is 12.3. The molecule has 0 unspecified atom stereocenters. The van der Waals surface area contributed by atoms with Gasteiger partial charge in [-0.1, -0.05) is 48.5 Å². The van der Waals surface area contributed by atoms with Gasteiger partial charge < -0.3 is 10.1 Å². The molecule has 0 saturated carbocycles. The summed E-state index contributed by atoms with van der Waals surface area (Å²) in [4.78, 5) is 35.2. The lowest BCUT2D eigenvalue weighted by Crippen LogP contribution is -2.41. The molecule has 0 bridgehead atoms. The second-order valence-corrected chi connectivity index (χ2v) is 5.63. The van der Waals surface area contributed by atoms with E-state index in [9.17, 15) is 14.4 Å². The Morgan fingerprint density at radius 2 is 1.62 bits per heavy atom. The number of esters is 1. The minimum atomic E-state index is -0.675. The number of nitrogens with one attached hydrogen (secondary N) is 2. The van der Waals surface area contributed by atoms with Crippen LogP contribution in [0.1, 0.15) is 28.4 Å². The first-order valence-electron chi connectivity index (χ1n) is 8.46. The summed E-state index contributed by atoms with van der Waals surface area (Å²) in [6, 6.07) is 16.5. The number of imide groups is 1. The van der Waals surface area contributed by atoms with Crippen molar-refractivity contribution in [3.8, 4) is 0 Å². The summed E-state index contributed by atoms with van der Waals surface area (Å²) in [5.74, 6) is -1.26. The van der Waals surface area contributed by atoms with Crippen molar-refractivity contribution in [3.63, 3.8) is 0 Å². The molecule has 26 heavy (non-hydrogen) atoms. The maximum atomic E-state index is 12.3. The van der Waals surface area contributed by atoms with E-state index >= 15 is 0 Å². The number of benzene rings is 2. The second-order valence-electron chi connectivity index (χ2n) is 5.63. The van der Waals surface area contributed by atoms with Crippen LogP contribution in [0.15, 0.2) is 54.6 Å². The summed E-state index contributed by atoms with van der Waals surface area (Å²) >= 11 is 0. The van der Waals surface area contributed by atoms with Crippen LogP contribution in [0, 0.1) is 0 Å². The highest BCUT2D eigenvalue weighted by atomic mass is 16.5. The van der Waals surface area contributed by atoms with Gasteiger partial charge >= 0.3 is 12.0 Å². The van der Waals surface area contributed by atoms with Crippen LogP contribution in [0.3, 0.4) is 0 Å². The molecule has 0 saturated heterocycles. The molecule has 0 heterocycles. The number of urea groups is 1. The molecule has 6 heteroatoms. The molecule has 0 aliphatic carbocycles. The predicted molar refractivity (Wildman–Crippen MR) is 97.8 cm³/mol. The minimum Gasteiger partial charge on any atom is -0.452 e. The number of aryl methyl sites for hydroxylation is 2. The Hall–Kier alpha value is -3.15. The van der Waals surface area contributed by atoms with Crippen molar-refractivity contribution in [3.05, 3.63) is 71.3 Å². The molecule has 2 rings (SSSR count). The van der Waals surface area contributed by atoms with E-state index in [1.54, 1.807) is 19.1 Å². The fourth-order valence-corrected chi connectivity index (χ4v) is 2.44. The topological polar surface area (TPSA) is 84.5 Å². The van der Waals surface area contributed by atoms with Gasteiger partial charge in [0, 0.05) is 6.54 Å². The van der Waals surface area contributed by atoms with Crippen LogP contribution in [-0.2, 0) is 22.4 Å². The monoisotopic (exact) mass is 354 g/mol. The molecule has 3 amide bonds. The number of ether oxygens (including phenoxy) is 1. The summed E-state index contributed by atoms with van der Waals surface area (Å²) in [5, 5.41) is 4.51. The summed E-state index contributed by atoms with van der Waals surface area (Å²) in [5.41, 5.74) is 2.46. The van der Waals surface area contributed by atoms with Crippen molar-refractivity contribution in [1.82, 2.24) is 10.6 Å². The van der Waals surface area contributed by atoms with Crippen molar-refractivity contribution in [1.29, 1.82) is 0 Å². The molecule has 0 radical (unpaired) electrons. The summed E-state index contributed by atoms with van der Waals surface area (Å²) in [6.45, 7) is 1.62. The number of rotatable bonds is 7. The van der Waals surface area contributed by atoms with Crippen LogP contribution in [-0.4, -0.2) is 31.1 Å². The highest BCUT2D eigenvalue weighted by molar-refractivity contribution is 5.97. The van der Waals surface area contributed by atoms with Crippen molar-refractivity contribution < 1.29 is 19.1 Å². The number of carbonyl (C=O) groups excluding carboxylic acids is 3. The van der Waals surface area contributed by atoms with Crippen LogP contribution in [0.2, 0.25) is 0 Å². The molecule has 6 nitrogen and oxygen atoms in total. The average Bonchev–Trinajstić information content (AvgIpc) is 2.65. The zero-order chi connectivity index (χ0) is 18.8. The van der Waals surface area contributed by atoms with E-state index < -0.39 is 24.5 Å². The number of carbonyl (C=O) groups is 3. The molecule has 0 aliphatic heterocycles. The molecule has 2 N–H and O–H groups in total. The second kappa shape index (κ2) is 9.98. The van der Waals surface area contributed by atoms with Crippen LogP contribution in [0.5, 0.6) is 0 Å². The fraction of sp³-hybridized carbons (Fsp3) is 0.250. The molecule has 2 aromatic carbocycles. The average molecular weight is 354 g/mol. The highest BCUT2D eigenvalue weighted by Gasteiger charge is 2.15. The largest absolute Gasteiger partial charge is 0.452 e. The fourth-order valence-electron chi connectivity index (χ4n) is 2.44. The smallest absolute Gasteiger partial charge is 0.338 e. The lowest BCUT2D eigenvalue weighted by molar-refractivity contribution is -0.123. The van der Waals surface area contributed by atoms with Crippen LogP contribution in [0.4, 0.5) is 4.79 Å². The van der Waals surface area contributed by atoms with Gasteiger partial charge in [0.05, 0.1) is 5.56 Å². The zero-order valence-electron chi connectivity index (χ0n) is 14.7. The Morgan fingerprint density at radius 3 is 2.35 bits per heavy atom. The Labute approximate surface area is 152 Å². The van der Waals surface area contributed by atoms with E-state index in [2.05, 4.69) is 10.6 Å². The number of hydrogen-bond donors (Lipinski definition) is 2. The van der Waals surface area contributed by atoms with Gasteiger partial charge in [-0.3, -0.25) is 10.1 Å². The van der Waals surface area contributed by atoms with E-state index in [1.165, 1.54) is 5.56 Å². The quantitative estimate of drug-likeness (QED) is 0.748. The van der Waals surface area contributed by atoms with E-state index in [0.717, 1.165) is 12.0 Å². The third kappa shape index (κ3) is 6.05. The summed E-state index contributed by atoms with van der Waals surface area (Å²) in [7, 11) is 0. The van der Waals surface area contributed by atoms with Crippen LogP contribution >= 0.6 is 0 Å². The zero-order valence-corrected chi connectivity index (χ0v) is 14.7. The van der Waals surface area contributed by atoms with E-state index in [1.807, 2.05) is 42.5 Å². The summed E-state index contributed by atoms with van der Waals surface area (Å²) < 4.78 is 5.03. The number of amides is 3. The molecule has 0 fully saturated rings. The summed E-state index contributed by atoms with van der Waals surface area (Å²) in [6.07, 6.45) is 1.48. The third-order valence-corrected chi connectivity index (χ3v) is 3.69. The van der Waals surface area contributed by atoms with Crippen molar-refractivity contribution in [2.75, 3.05) is 13.2 Å². The molecule has 0 aromatic heterocycles. The molecule has 0 atom stereocenters. The van der Waals surface area contributed by atoms with Gasteiger partial charge in [-0.2, -0.15) is 0 Å². The molecule has 0 aliphatic rings. The maximum Gasteiger partial charge on any atom is 0.338 e. The molecular formula is C20H22N2O4. The Balaban J connectivity index is 1.92. The first kappa shape index (κ1) is 19.2. The minimum absolute atomic E-state index is 0.397. The predicted octanol–water partition coefficient (Wildman–Crippen LogP) is 2.47. The van der Waals surface area contributed by atoms with Gasteiger partial charge in [0.25, 0.3) is 5.91 Å². The SMILES string of the molecule is CCNC(=O)NC(=O)COC(=O)c1ccccc1CCc1ccccc1. The van der Waals surface area contributed by atoms with Crippen LogP contribution < -0.4 is 10.6 Å². The third-order valence-electron chi connectivity index (χ3n) is 3.69. The van der Waals surface area contributed by atoms with Crippen molar-refractivity contribution in [2.45, 2.75) is 19.8 Å². The first-order chi connectivity index (χ1) is 12.6. The Bertz CT molecular complexity index is 759. The van der Waals surface area contributed by atoms with Crippen LogP contribution in [0.25, 0.3) is 0 Å². The van der Waals surface area contributed by atoms with Gasteiger partial charge in [-0.25, -0.2) is 9.59 Å². The molecule has 136 valence electrons. The van der Waals surface area contributed by atoms with Crippen molar-refractivity contribution >= 4 is 17.9 Å². The standard InChI is InChI=1S/C20H22N2O4/c1-2-21-20(25)22-18(23)14-26-19(24)17-11-7-6-10-16(17)13-12-15-8-4-3-5-9-15/h3-11H,2,12-14H2,1H3,(H2,21,22,23,25). The molecule has 0 spiro atoms. The van der Waals surface area contributed by atoms with E-state index in [4.69, 9.17) is 4.74 Å². The van der Waals surface area contributed by atoms with Gasteiger partial charge in [0.1, 0.15) is 0 Å². The lowest BCUT2D eigenvalue weighted by atomic mass is 10.00. The van der Waals surface area contributed by atoms with E-state index in [0.29, 0.717) is 18.5 Å². The first-order valence-corrected chi connectivity index (χ1v) is 8.46. The number of hydrogen-bond acceptors (Lipinski definition) is 4. The Kier molecular flexibility index (Phi) is 7.36. The van der Waals surface area contributed by atoms with Gasteiger partial charge in [-0.15, -0.1) is 0 Å². The highest BCUT2D eigenvalue weighted by Crippen LogP contribution is 2.14. The normalized spacial score (nSPS) is 10.0. The lowest BCUT2D eigenvalue weighted by Gasteiger charge is -2.10. The Morgan fingerprint density at radius 1 is 0.923 bits per heavy atom. The molecule has 2 aromatic rings.